The summed E-state index contributed by atoms with van der Waals surface area (Å²) in [4.78, 5) is 11.6. The van der Waals surface area contributed by atoms with Crippen molar-refractivity contribution >= 4 is 21.8 Å². The predicted octanol–water partition coefficient (Wildman–Crippen LogP) is 3.61. The number of nitrogens with one attached hydrogen (secondary N) is 1. The number of halogens is 4. The second-order valence-corrected chi connectivity index (χ2v) is 4.67. The van der Waals surface area contributed by atoms with Gasteiger partial charge in [-0.3, -0.25) is 4.79 Å². The van der Waals surface area contributed by atoms with Crippen molar-refractivity contribution in [2.45, 2.75) is 26.1 Å². The molecule has 1 aromatic rings. The minimum absolute atomic E-state index is 0.00535. The molecule has 0 aromatic heterocycles. The van der Waals surface area contributed by atoms with E-state index in [1.165, 1.54) is 12.1 Å². The minimum Gasteiger partial charge on any atom is -0.350 e. The van der Waals surface area contributed by atoms with Crippen LogP contribution in [0.4, 0.5) is 13.2 Å². The Morgan fingerprint density at radius 2 is 1.94 bits per heavy atom. The second-order valence-electron chi connectivity index (χ2n) is 3.82. The molecular weight excluding hydrogens is 299 g/mol. The summed E-state index contributed by atoms with van der Waals surface area (Å²) < 4.78 is 37.7. The van der Waals surface area contributed by atoms with Crippen LogP contribution in [-0.2, 0) is 6.18 Å². The molecule has 0 saturated heterocycles. The van der Waals surface area contributed by atoms with E-state index >= 15 is 0 Å². The zero-order chi connectivity index (χ0) is 13.2. The van der Waals surface area contributed by atoms with Crippen molar-refractivity contribution in [1.29, 1.82) is 0 Å². The third-order valence-corrected chi connectivity index (χ3v) is 2.65. The van der Waals surface area contributed by atoms with Gasteiger partial charge in [-0.15, -0.1) is 0 Å². The SMILES string of the molecule is CC(C)NC(=O)c1ccc(Br)c(C(F)(F)F)c1. The number of benzene rings is 1. The fourth-order valence-electron chi connectivity index (χ4n) is 1.23. The molecule has 0 saturated carbocycles. The molecule has 17 heavy (non-hydrogen) atoms. The molecule has 1 rings (SSSR count). The average molecular weight is 310 g/mol. The van der Waals surface area contributed by atoms with E-state index in [-0.39, 0.29) is 16.1 Å². The molecule has 6 heteroatoms. The number of carbonyl (C=O) groups excluding carboxylic acids is 1. The van der Waals surface area contributed by atoms with Gasteiger partial charge in [0.25, 0.3) is 5.91 Å². The standard InChI is InChI=1S/C11H11BrF3NO/c1-6(2)16-10(17)7-3-4-9(12)8(5-7)11(13,14)15/h3-6H,1-2H3,(H,16,17). The van der Waals surface area contributed by atoms with Crippen LogP contribution in [0.5, 0.6) is 0 Å². The van der Waals surface area contributed by atoms with Crippen molar-refractivity contribution < 1.29 is 18.0 Å². The first kappa shape index (κ1) is 14.0. The van der Waals surface area contributed by atoms with Crippen molar-refractivity contribution in [2.75, 3.05) is 0 Å². The van der Waals surface area contributed by atoms with Crippen LogP contribution in [0.25, 0.3) is 0 Å². The van der Waals surface area contributed by atoms with E-state index in [2.05, 4.69) is 21.2 Å². The highest BCUT2D eigenvalue weighted by Gasteiger charge is 2.33. The molecule has 0 fully saturated rings. The summed E-state index contributed by atoms with van der Waals surface area (Å²) in [6.07, 6.45) is -4.48. The summed E-state index contributed by atoms with van der Waals surface area (Å²) in [5.41, 5.74) is -0.858. The van der Waals surface area contributed by atoms with E-state index in [4.69, 9.17) is 0 Å². The Morgan fingerprint density at radius 3 is 2.41 bits per heavy atom. The smallest absolute Gasteiger partial charge is 0.350 e. The van der Waals surface area contributed by atoms with E-state index in [1.54, 1.807) is 13.8 Å². The maximum Gasteiger partial charge on any atom is 0.417 e. The fraction of sp³-hybridized carbons (Fsp3) is 0.364. The van der Waals surface area contributed by atoms with Gasteiger partial charge in [0.2, 0.25) is 0 Å². The molecule has 0 spiro atoms. The summed E-state index contributed by atoms with van der Waals surface area (Å²) in [7, 11) is 0. The van der Waals surface area contributed by atoms with Crippen LogP contribution in [0.3, 0.4) is 0 Å². The highest BCUT2D eigenvalue weighted by molar-refractivity contribution is 9.10. The van der Waals surface area contributed by atoms with Gasteiger partial charge in [0, 0.05) is 16.1 Å². The van der Waals surface area contributed by atoms with Crippen LogP contribution >= 0.6 is 15.9 Å². The molecule has 1 aromatic carbocycles. The molecule has 1 amide bonds. The molecule has 0 heterocycles. The van der Waals surface area contributed by atoms with Gasteiger partial charge in [-0.1, -0.05) is 15.9 Å². The first-order valence-corrected chi connectivity index (χ1v) is 5.68. The first-order chi connectivity index (χ1) is 7.71. The van der Waals surface area contributed by atoms with Gasteiger partial charge in [0.15, 0.2) is 0 Å². The van der Waals surface area contributed by atoms with Gasteiger partial charge in [-0.2, -0.15) is 13.2 Å². The Balaban J connectivity index is 3.09. The van der Waals surface area contributed by atoms with Crippen molar-refractivity contribution in [3.05, 3.63) is 33.8 Å². The number of rotatable bonds is 2. The van der Waals surface area contributed by atoms with Crippen molar-refractivity contribution in [2.24, 2.45) is 0 Å². The van der Waals surface area contributed by atoms with Crippen LogP contribution in [0.15, 0.2) is 22.7 Å². The summed E-state index contributed by atoms with van der Waals surface area (Å²) >= 11 is 2.81. The lowest BCUT2D eigenvalue weighted by molar-refractivity contribution is -0.138. The third-order valence-electron chi connectivity index (χ3n) is 1.95. The van der Waals surface area contributed by atoms with Crippen LogP contribution in [0, 0.1) is 0 Å². The van der Waals surface area contributed by atoms with Gasteiger partial charge < -0.3 is 5.32 Å². The van der Waals surface area contributed by atoms with E-state index in [0.29, 0.717) is 0 Å². The van der Waals surface area contributed by atoms with E-state index < -0.39 is 17.6 Å². The second kappa shape index (κ2) is 5.08. The van der Waals surface area contributed by atoms with Crippen molar-refractivity contribution in [1.82, 2.24) is 5.32 Å². The normalized spacial score (nSPS) is 11.7. The van der Waals surface area contributed by atoms with Crippen LogP contribution in [0.1, 0.15) is 29.8 Å². The third kappa shape index (κ3) is 3.73. The molecular formula is C11H11BrF3NO. The van der Waals surface area contributed by atoms with Crippen LogP contribution in [0.2, 0.25) is 0 Å². The molecule has 0 atom stereocenters. The van der Waals surface area contributed by atoms with Crippen LogP contribution < -0.4 is 5.32 Å². The predicted molar refractivity (Wildman–Crippen MR) is 61.7 cm³/mol. The molecule has 0 aliphatic heterocycles. The van der Waals surface area contributed by atoms with Gasteiger partial charge in [-0.25, -0.2) is 0 Å². The number of amides is 1. The Morgan fingerprint density at radius 1 is 1.35 bits per heavy atom. The van der Waals surface area contributed by atoms with E-state index in [0.717, 1.165) is 6.07 Å². The Labute approximate surface area is 105 Å². The lowest BCUT2D eigenvalue weighted by Gasteiger charge is -2.12. The molecule has 0 aliphatic rings. The van der Waals surface area contributed by atoms with Crippen molar-refractivity contribution in [3.63, 3.8) is 0 Å². The molecule has 2 nitrogen and oxygen atoms in total. The van der Waals surface area contributed by atoms with Gasteiger partial charge in [0.1, 0.15) is 0 Å². The number of hydrogen-bond acceptors (Lipinski definition) is 1. The Hall–Kier alpha value is -1.04. The molecule has 0 radical (unpaired) electrons. The fourth-order valence-corrected chi connectivity index (χ4v) is 1.70. The molecule has 94 valence electrons. The van der Waals surface area contributed by atoms with Crippen LogP contribution in [-0.4, -0.2) is 11.9 Å². The highest BCUT2D eigenvalue weighted by Crippen LogP contribution is 2.35. The Bertz CT molecular complexity index is 429. The Kier molecular flexibility index (Phi) is 4.19. The summed E-state index contributed by atoms with van der Waals surface area (Å²) in [5.74, 6) is -0.516. The highest BCUT2D eigenvalue weighted by atomic mass is 79.9. The summed E-state index contributed by atoms with van der Waals surface area (Å²) in [6.45, 7) is 3.48. The summed E-state index contributed by atoms with van der Waals surface area (Å²) in [5, 5.41) is 2.54. The lowest BCUT2D eigenvalue weighted by Crippen LogP contribution is -2.30. The first-order valence-electron chi connectivity index (χ1n) is 4.89. The monoisotopic (exact) mass is 309 g/mol. The molecule has 0 unspecified atom stereocenters. The van der Waals surface area contributed by atoms with Gasteiger partial charge >= 0.3 is 6.18 Å². The maximum atomic E-state index is 12.6. The minimum atomic E-state index is -4.48. The molecule has 0 aliphatic carbocycles. The van der Waals surface area contributed by atoms with Gasteiger partial charge in [0.05, 0.1) is 5.56 Å². The van der Waals surface area contributed by atoms with Gasteiger partial charge in [-0.05, 0) is 32.0 Å². The number of alkyl halides is 3. The lowest BCUT2D eigenvalue weighted by atomic mass is 10.1. The van der Waals surface area contributed by atoms with E-state index in [9.17, 15) is 18.0 Å². The quantitative estimate of drug-likeness (QED) is 0.888. The van der Waals surface area contributed by atoms with E-state index in [1.807, 2.05) is 0 Å². The zero-order valence-electron chi connectivity index (χ0n) is 9.23. The number of hydrogen-bond donors (Lipinski definition) is 1. The zero-order valence-corrected chi connectivity index (χ0v) is 10.8. The number of carbonyl (C=O) groups is 1. The molecule has 0 bridgehead atoms. The topological polar surface area (TPSA) is 29.1 Å². The maximum absolute atomic E-state index is 12.6. The average Bonchev–Trinajstić information content (AvgIpc) is 2.15. The summed E-state index contributed by atoms with van der Waals surface area (Å²) in [6, 6.07) is 3.28. The van der Waals surface area contributed by atoms with Crippen molar-refractivity contribution in [3.8, 4) is 0 Å². The molecule has 1 N–H and O–H groups in total. The largest absolute Gasteiger partial charge is 0.417 e.